The maximum Gasteiger partial charge on any atom is 0.0441 e. The van der Waals surface area contributed by atoms with Crippen LogP contribution in [-0.4, -0.2) is 19.6 Å². The van der Waals surface area contributed by atoms with E-state index < -0.39 is 0 Å². The second-order valence-electron chi connectivity index (χ2n) is 7.36. The SMILES string of the molecule is CCCCN(c1ccc(C)cc1)c1ccc(N2CCCCC2)cc1C. The van der Waals surface area contributed by atoms with E-state index in [0.717, 1.165) is 6.54 Å². The van der Waals surface area contributed by atoms with Crippen molar-refractivity contribution in [2.75, 3.05) is 29.4 Å². The molecule has 0 aromatic heterocycles. The molecule has 2 nitrogen and oxygen atoms in total. The van der Waals surface area contributed by atoms with Gasteiger partial charge < -0.3 is 9.80 Å². The van der Waals surface area contributed by atoms with Gasteiger partial charge in [-0.25, -0.2) is 0 Å². The van der Waals surface area contributed by atoms with Gasteiger partial charge in [0.25, 0.3) is 0 Å². The summed E-state index contributed by atoms with van der Waals surface area (Å²) in [6.07, 6.45) is 6.46. The molecule has 134 valence electrons. The summed E-state index contributed by atoms with van der Waals surface area (Å²) in [6.45, 7) is 10.2. The highest BCUT2D eigenvalue weighted by atomic mass is 15.1. The number of unbranched alkanes of at least 4 members (excludes halogenated alkanes) is 1. The molecule has 0 spiro atoms. The summed E-state index contributed by atoms with van der Waals surface area (Å²) in [5.74, 6) is 0. The Morgan fingerprint density at radius 2 is 1.64 bits per heavy atom. The Labute approximate surface area is 153 Å². The minimum atomic E-state index is 1.07. The van der Waals surface area contributed by atoms with E-state index in [9.17, 15) is 0 Å². The van der Waals surface area contributed by atoms with Gasteiger partial charge in [0.05, 0.1) is 0 Å². The Morgan fingerprint density at radius 1 is 0.920 bits per heavy atom. The lowest BCUT2D eigenvalue weighted by atomic mass is 10.1. The number of hydrogen-bond donors (Lipinski definition) is 0. The van der Waals surface area contributed by atoms with Crippen LogP contribution in [0, 0.1) is 13.8 Å². The number of hydrogen-bond acceptors (Lipinski definition) is 2. The summed E-state index contributed by atoms with van der Waals surface area (Å²) >= 11 is 0. The summed E-state index contributed by atoms with van der Waals surface area (Å²) in [7, 11) is 0. The van der Waals surface area contributed by atoms with Crippen molar-refractivity contribution in [1.82, 2.24) is 0 Å². The molecule has 0 unspecified atom stereocenters. The monoisotopic (exact) mass is 336 g/mol. The van der Waals surface area contributed by atoms with Gasteiger partial charge in [0.15, 0.2) is 0 Å². The number of nitrogens with zero attached hydrogens (tertiary/aromatic N) is 2. The molecule has 0 atom stereocenters. The number of piperidine rings is 1. The van der Waals surface area contributed by atoms with Crippen LogP contribution in [0.4, 0.5) is 17.1 Å². The van der Waals surface area contributed by atoms with Crippen molar-refractivity contribution in [2.45, 2.75) is 52.9 Å². The first-order valence-corrected chi connectivity index (χ1v) is 9.89. The zero-order valence-electron chi connectivity index (χ0n) is 16.1. The number of benzene rings is 2. The molecule has 1 fully saturated rings. The van der Waals surface area contributed by atoms with Gasteiger partial charge in [0.1, 0.15) is 0 Å². The average molecular weight is 337 g/mol. The zero-order chi connectivity index (χ0) is 17.6. The molecular weight excluding hydrogens is 304 g/mol. The molecule has 0 saturated carbocycles. The largest absolute Gasteiger partial charge is 0.372 e. The molecule has 25 heavy (non-hydrogen) atoms. The van der Waals surface area contributed by atoms with Crippen molar-refractivity contribution in [3.05, 3.63) is 53.6 Å². The van der Waals surface area contributed by atoms with Crippen LogP contribution in [0.15, 0.2) is 42.5 Å². The average Bonchev–Trinajstić information content (AvgIpc) is 2.65. The van der Waals surface area contributed by atoms with Crippen molar-refractivity contribution in [2.24, 2.45) is 0 Å². The van der Waals surface area contributed by atoms with Crippen molar-refractivity contribution in [3.63, 3.8) is 0 Å². The fourth-order valence-electron chi connectivity index (χ4n) is 3.72. The standard InChI is InChI=1S/C23H32N2/c1-4-5-17-25(21-11-9-19(2)10-12-21)23-14-13-22(18-20(23)3)24-15-7-6-8-16-24/h9-14,18H,4-8,15-17H2,1-3H3. The third-order valence-corrected chi connectivity index (χ3v) is 5.27. The molecule has 3 rings (SSSR count). The Bertz CT molecular complexity index is 669. The van der Waals surface area contributed by atoms with E-state index in [-0.39, 0.29) is 0 Å². The molecule has 2 heteroatoms. The smallest absolute Gasteiger partial charge is 0.0441 e. The number of aryl methyl sites for hydroxylation is 2. The molecule has 0 radical (unpaired) electrons. The molecule has 2 aromatic rings. The van der Waals surface area contributed by atoms with Crippen LogP contribution in [0.3, 0.4) is 0 Å². The van der Waals surface area contributed by atoms with Crippen LogP contribution in [0.25, 0.3) is 0 Å². The summed E-state index contributed by atoms with van der Waals surface area (Å²) in [5.41, 5.74) is 6.72. The lowest BCUT2D eigenvalue weighted by Gasteiger charge is -2.31. The van der Waals surface area contributed by atoms with Gasteiger partial charge >= 0.3 is 0 Å². The maximum atomic E-state index is 2.54. The van der Waals surface area contributed by atoms with Crippen LogP contribution in [-0.2, 0) is 0 Å². The first-order chi connectivity index (χ1) is 12.2. The van der Waals surface area contributed by atoms with E-state index in [1.165, 1.54) is 73.4 Å². The number of rotatable bonds is 6. The van der Waals surface area contributed by atoms with Crippen LogP contribution < -0.4 is 9.80 Å². The van der Waals surface area contributed by atoms with E-state index in [1.807, 2.05) is 0 Å². The summed E-state index contributed by atoms with van der Waals surface area (Å²) in [5, 5.41) is 0. The number of anilines is 3. The molecule has 0 aliphatic carbocycles. The summed E-state index contributed by atoms with van der Waals surface area (Å²) < 4.78 is 0. The fourth-order valence-corrected chi connectivity index (χ4v) is 3.72. The van der Waals surface area contributed by atoms with Crippen molar-refractivity contribution < 1.29 is 0 Å². The minimum Gasteiger partial charge on any atom is -0.372 e. The molecule has 2 aromatic carbocycles. The highest BCUT2D eigenvalue weighted by molar-refractivity contribution is 5.69. The normalized spacial score (nSPS) is 14.6. The predicted molar refractivity (Wildman–Crippen MR) is 110 cm³/mol. The summed E-state index contributed by atoms with van der Waals surface area (Å²) in [6, 6.07) is 16.0. The second-order valence-corrected chi connectivity index (χ2v) is 7.36. The topological polar surface area (TPSA) is 6.48 Å². The van der Waals surface area contributed by atoms with Crippen molar-refractivity contribution in [1.29, 1.82) is 0 Å². The van der Waals surface area contributed by atoms with Gasteiger partial charge in [0, 0.05) is 36.7 Å². The molecule has 1 aliphatic heterocycles. The van der Waals surface area contributed by atoms with Crippen LogP contribution in [0.5, 0.6) is 0 Å². The lowest BCUT2D eigenvalue weighted by Crippen LogP contribution is -2.29. The Morgan fingerprint density at radius 3 is 2.28 bits per heavy atom. The van der Waals surface area contributed by atoms with Gasteiger partial charge in [-0.2, -0.15) is 0 Å². The van der Waals surface area contributed by atoms with Crippen LogP contribution in [0.2, 0.25) is 0 Å². The predicted octanol–water partition coefficient (Wildman–Crippen LogP) is 6.23. The lowest BCUT2D eigenvalue weighted by molar-refractivity contribution is 0.578. The fraction of sp³-hybridized carbons (Fsp3) is 0.478. The highest BCUT2D eigenvalue weighted by Gasteiger charge is 2.15. The van der Waals surface area contributed by atoms with Crippen LogP contribution in [0.1, 0.15) is 50.2 Å². The Kier molecular flexibility index (Phi) is 6.01. The Hall–Kier alpha value is -1.96. The summed E-state index contributed by atoms with van der Waals surface area (Å²) in [4.78, 5) is 5.03. The third-order valence-electron chi connectivity index (χ3n) is 5.27. The maximum absolute atomic E-state index is 2.54. The van der Waals surface area contributed by atoms with Gasteiger partial charge in [-0.05, 0) is 75.4 Å². The van der Waals surface area contributed by atoms with E-state index in [2.05, 4.69) is 73.0 Å². The van der Waals surface area contributed by atoms with Gasteiger partial charge in [-0.3, -0.25) is 0 Å². The zero-order valence-corrected chi connectivity index (χ0v) is 16.1. The molecule has 0 N–H and O–H groups in total. The molecule has 0 amide bonds. The third kappa shape index (κ3) is 4.36. The van der Waals surface area contributed by atoms with E-state index >= 15 is 0 Å². The molecular formula is C23H32N2. The minimum absolute atomic E-state index is 1.07. The first-order valence-electron chi connectivity index (χ1n) is 9.89. The Balaban J connectivity index is 1.88. The van der Waals surface area contributed by atoms with E-state index in [1.54, 1.807) is 0 Å². The van der Waals surface area contributed by atoms with Gasteiger partial charge in [-0.1, -0.05) is 31.0 Å². The first kappa shape index (κ1) is 17.8. The van der Waals surface area contributed by atoms with E-state index in [0.29, 0.717) is 0 Å². The molecule has 0 bridgehead atoms. The van der Waals surface area contributed by atoms with Crippen molar-refractivity contribution >= 4 is 17.1 Å². The van der Waals surface area contributed by atoms with Gasteiger partial charge in [0.2, 0.25) is 0 Å². The second kappa shape index (κ2) is 8.42. The van der Waals surface area contributed by atoms with Crippen molar-refractivity contribution in [3.8, 4) is 0 Å². The molecule has 1 saturated heterocycles. The molecule has 1 aliphatic rings. The van der Waals surface area contributed by atoms with Crippen LogP contribution >= 0.6 is 0 Å². The van der Waals surface area contributed by atoms with Gasteiger partial charge in [-0.15, -0.1) is 0 Å². The molecule has 1 heterocycles. The quantitative estimate of drug-likeness (QED) is 0.617. The highest BCUT2D eigenvalue weighted by Crippen LogP contribution is 2.32. The van der Waals surface area contributed by atoms with E-state index in [4.69, 9.17) is 0 Å².